The molecule has 0 bridgehead atoms. The molecule has 2 amide bonds. The summed E-state index contributed by atoms with van der Waals surface area (Å²) in [6.45, 7) is 4.08. The fourth-order valence-electron chi connectivity index (χ4n) is 2.59. The van der Waals surface area contributed by atoms with Crippen LogP contribution in [0.15, 0.2) is 0 Å². The predicted molar refractivity (Wildman–Crippen MR) is 68.9 cm³/mol. The molecule has 1 saturated carbocycles. The van der Waals surface area contributed by atoms with E-state index in [2.05, 4.69) is 10.6 Å². The molecule has 0 aromatic carbocycles. The number of aliphatic carboxylic acids is 1. The molecular formula is C13H22N2O4. The Labute approximate surface area is 112 Å². The van der Waals surface area contributed by atoms with Crippen LogP contribution in [0.4, 0.5) is 4.79 Å². The quantitative estimate of drug-likeness (QED) is 0.698. The van der Waals surface area contributed by atoms with Crippen LogP contribution in [0.3, 0.4) is 0 Å². The lowest BCUT2D eigenvalue weighted by Crippen LogP contribution is -2.53. The molecule has 0 spiro atoms. The maximum atomic E-state index is 11.9. The number of hydrogen-bond donors (Lipinski definition) is 3. The molecule has 2 fully saturated rings. The van der Waals surface area contributed by atoms with E-state index in [1.165, 1.54) is 12.8 Å². The summed E-state index contributed by atoms with van der Waals surface area (Å²) in [6, 6.07) is -0.263. The highest BCUT2D eigenvalue weighted by molar-refractivity contribution is 5.76. The molecule has 3 N–H and O–H groups in total. The standard InChI is InChI=1S/C13H22N2O4/c1-13(2,7-10(16)17)15-12(18)14-9-5-6-19-11(9)8-3-4-8/h8-9,11H,3-7H2,1-2H3,(H,16,17)(H2,14,15,18). The lowest BCUT2D eigenvalue weighted by molar-refractivity contribution is -0.138. The van der Waals surface area contributed by atoms with E-state index < -0.39 is 11.5 Å². The van der Waals surface area contributed by atoms with E-state index in [0.29, 0.717) is 12.5 Å². The van der Waals surface area contributed by atoms with Gasteiger partial charge in [0.2, 0.25) is 0 Å². The average molecular weight is 270 g/mol. The Morgan fingerprint density at radius 1 is 1.32 bits per heavy atom. The van der Waals surface area contributed by atoms with Crippen molar-refractivity contribution in [3.63, 3.8) is 0 Å². The molecule has 19 heavy (non-hydrogen) atoms. The van der Waals surface area contributed by atoms with Crippen LogP contribution < -0.4 is 10.6 Å². The molecular weight excluding hydrogens is 248 g/mol. The van der Waals surface area contributed by atoms with Gasteiger partial charge in [-0.2, -0.15) is 0 Å². The molecule has 1 heterocycles. The van der Waals surface area contributed by atoms with Crippen LogP contribution in [0.25, 0.3) is 0 Å². The van der Waals surface area contributed by atoms with Gasteiger partial charge in [-0.1, -0.05) is 0 Å². The van der Waals surface area contributed by atoms with Gasteiger partial charge in [0, 0.05) is 12.1 Å². The summed E-state index contributed by atoms with van der Waals surface area (Å²) in [4.78, 5) is 22.6. The van der Waals surface area contributed by atoms with Crippen LogP contribution in [-0.4, -0.2) is 41.4 Å². The molecule has 0 aromatic rings. The third-order valence-electron chi connectivity index (χ3n) is 3.58. The van der Waals surface area contributed by atoms with Crippen LogP contribution >= 0.6 is 0 Å². The van der Waals surface area contributed by atoms with Gasteiger partial charge in [-0.25, -0.2) is 4.79 Å². The van der Waals surface area contributed by atoms with Gasteiger partial charge in [0.25, 0.3) is 0 Å². The smallest absolute Gasteiger partial charge is 0.315 e. The monoisotopic (exact) mass is 270 g/mol. The third-order valence-corrected chi connectivity index (χ3v) is 3.58. The van der Waals surface area contributed by atoms with E-state index in [1.54, 1.807) is 13.8 Å². The Kier molecular flexibility index (Phi) is 3.99. The van der Waals surface area contributed by atoms with Gasteiger partial charge in [-0.05, 0) is 39.0 Å². The zero-order valence-corrected chi connectivity index (χ0v) is 11.4. The molecule has 2 unspecified atom stereocenters. The highest BCUT2D eigenvalue weighted by atomic mass is 16.5. The van der Waals surface area contributed by atoms with Gasteiger partial charge in [0.1, 0.15) is 0 Å². The Hall–Kier alpha value is -1.30. The zero-order chi connectivity index (χ0) is 14.0. The van der Waals surface area contributed by atoms with E-state index in [1.807, 2.05) is 0 Å². The summed E-state index contributed by atoms with van der Waals surface area (Å²) >= 11 is 0. The number of nitrogens with one attached hydrogen (secondary N) is 2. The van der Waals surface area contributed by atoms with Crippen molar-refractivity contribution in [2.24, 2.45) is 5.92 Å². The van der Waals surface area contributed by atoms with Crippen molar-refractivity contribution in [1.82, 2.24) is 10.6 Å². The highest BCUT2D eigenvalue weighted by Gasteiger charge is 2.41. The van der Waals surface area contributed by atoms with Crippen molar-refractivity contribution < 1.29 is 19.4 Å². The molecule has 108 valence electrons. The molecule has 2 rings (SSSR count). The second-order valence-electron chi connectivity index (χ2n) is 6.12. The van der Waals surface area contributed by atoms with Crippen molar-refractivity contribution in [3.05, 3.63) is 0 Å². The molecule has 1 aliphatic heterocycles. The Bertz CT molecular complexity index is 366. The van der Waals surface area contributed by atoms with Crippen molar-refractivity contribution in [2.75, 3.05) is 6.61 Å². The summed E-state index contributed by atoms with van der Waals surface area (Å²) in [5.41, 5.74) is -0.759. The zero-order valence-electron chi connectivity index (χ0n) is 11.4. The number of ether oxygens (including phenoxy) is 1. The van der Waals surface area contributed by atoms with Gasteiger partial charge in [-0.15, -0.1) is 0 Å². The summed E-state index contributed by atoms with van der Waals surface area (Å²) < 4.78 is 5.65. The predicted octanol–water partition coefficient (Wildman–Crippen LogP) is 1.11. The first-order valence-electron chi connectivity index (χ1n) is 6.79. The van der Waals surface area contributed by atoms with Crippen molar-refractivity contribution in [1.29, 1.82) is 0 Å². The van der Waals surface area contributed by atoms with E-state index in [9.17, 15) is 9.59 Å². The summed E-state index contributed by atoms with van der Waals surface area (Å²) in [7, 11) is 0. The molecule has 6 nitrogen and oxygen atoms in total. The van der Waals surface area contributed by atoms with Crippen molar-refractivity contribution in [2.45, 2.75) is 57.2 Å². The number of carboxylic acid groups (broad SMARTS) is 1. The molecule has 2 atom stereocenters. The van der Waals surface area contributed by atoms with E-state index >= 15 is 0 Å². The molecule has 1 saturated heterocycles. The minimum Gasteiger partial charge on any atom is -0.481 e. The van der Waals surface area contributed by atoms with Crippen LogP contribution in [0.1, 0.15) is 39.5 Å². The van der Waals surface area contributed by atoms with Crippen LogP contribution in [-0.2, 0) is 9.53 Å². The van der Waals surface area contributed by atoms with Crippen LogP contribution in [0, 0.1) is 5.92 Å². The number of amides is 2. The molecule has 0 radical (unpaired) electrons. The highest BCUT2D eigenvalue weighted by Crippen LogP contribution is 2.38. The number of urea groups is 1. The van der Waals surface area contributed by atoms with Gasteiger partial charge >= 0.3 is 12.0 Å². The van der Waals surface area contributed by atoms with Crippen molar-refractivity contribution >= 4 is 12.0 Å². The Morgan fingerprint density at radius 3 is 2.58 bits per heavy atom. The summed E-state index contributed by atoms with van der Waals surface area (Å²) in [5, 5.41) is 14.4. The minimum absolute atomic E-state index is 0.0492. The van der Waals surface area contributed by atoms with E-state index in [4.69, 9.17) is 9.84 Å². The van der Waals surface area contributed by atoms with Crippen LogP contribution in [0.2, 0.25) is 0 Å². The third kappa shape index (κ3) is 4.09. The largest absolute Gasteiger partial charge is 0.481 e. The Morgan fingerprint density at radius 2 is 2.00 bits per heavy atom. The minimum atomic E-state index is -0.926. The lowest BCUT2D eigenvalue weighted by Gasteiger charge is -2.27. The summed E-state index contributed by atoms with van der Waals surface area (Å²) in [6.07, 6.45) is 3.21. The van der Waals surface area contributed by atoms with Gasteiger partial charge in [0.15, 0.2) is 0 Å². The number of rotatable bonds is 5. The maximum Gasteiger partial charge on any atom is 0.315 e. The van der Waals surface area contributed by atoms with E-state index in [0.717, 1.165) is 6.42 Å². The second-order valence-corrected chi connectivity index (χ2v) is 6.12. The summed E-state index contributed by atoms with van der Waals surface area (Å²) in [5.74, 6) is -0.342. The van der Waals surface area contributed by atoms with Crippen molar-refractivity contribution in [3.8, 4) is 0 Å². The molecule has 0 aromatic heterocycles. The van der Waals surface area contributed by atoms with Crippen LogP contribution in [0.5, 0.6) is 0 Å². The Balaban J connectivity index is 1.81. The van der Waals surface area contributed by atoms with Gasteiger partial charge < -0.3 is 20.5 Å². The maximum absolute atomic E-state index is 11.9. The number of carboxylic acids is 1. The second kappa shape index (κ2) is 5.36. The first kappa shape index (κ1) is 14.1. The number of hydrogen-bond acceptors (Lipinski definition) is 3. The number of carbonyl (C=O) groups excluding carboxylic acids is 1. The van der Waals surface area contributed by atoms with E-state index in [-0.39, 0.29) is 24.6 Å². The normalized spacial score (nSPS) is 27.1. The van der Waals surface area contributed by atoms with Gasteiger partial charge in [0.05, 0.1) is 18.6 Å². The molecule has 2 aliphatic rings. The lowest BCUT2D eigenvalue weighted by atomic mass is 10.0. The topological polar surface area (TPSA) is 87.7 Å². The van der Waals surface area contributed by atoms with Gasteiger partial charge in [-0.3, -0.25) is 4.79 Å². The first-order chi connectivity index (χ1) is 8.87. The number of carbonyl (C=O) groups is 2. The average Bonchev–Trinajstić information content (AvgIpc) is 2.97. The first-order valence-corrected chi connectivity index (χ1v) is 6.79. The fourth-order valence-corrected chi connectivity index (χ4v) is 2.59. The molecule has 1 aliphatic carbocycles. The fraction of sp³-hybridized carbons (Fsp3) is 0.846. The molecule has 6 heteroatoms. The SMILES string of the molecule is CC(C)(CC(=O)O)NC(=O)NC1CCOC1C1CC1.